The highest BCUT2D eigenvalue weighted by Gasteiger charge is 2.14. The maximum atomic E-state index is 11.1. The van der Waals surface area contributed by atoms with Gasteiger partial charge in [-0.05, 0) is 31.5 Å². The minimum absolute atomic E-state index is 0.0124. The summed E-state index contributed by atoms with van der Waals surface area (Å²) in [5.74, 6) is -1.22. The molecule has 0 aliphatic carbocycles. The molecule has 0 atom stereocenters. The minimum Gasteiger partial charge on any atom is -0.477 e. The van der Waals surface area contributed by atoms with Gasteiger partial charge in [0.05, 0.1) is 9.81 Å². The van der Waals surface area contributed by atoms with E-state index in [1.807, 2.05) is 0 Å². The average Bonchev–Trinajstić information content (AvgIpc) is 2.61. The van der Waals surface area contributed by atoms with Gasteiger partial charge < -0.3 is 5.11 Å². The van der Waals surface area contributed by atoms with Gasteiger partial charge in [0.25, 0.3) is 0 Å². The van der Waals surface area contributed by atoms with Gasteiger partial charge in [0.1, 0.15) is 5.65 Å². The lowest BCUT2D eigenvalue weighted by Gasteiger charge is -1.97. The molecule has 0 aliphatic heterocycles. The van der Waals surface area contributed by atoms with E-state index in [4.69, 9.17) is 9.22 Å². The number of carboxylic acid groups (broad SMARTS) is 1. The number of imidazole rings is 1. The molecular weight excluding hydrogens is 180 g/mol. The predicted molar refractivity (Wildman–Crippen MR) is 51.6 cm³/mol. The van der Waals surface area contributed by atoms with Crippen LogP contribution in [0, 0.1) is 13.8 Å². The molecule has 0 aromatic carbocycles. The maximum Gasteiger partial charge on any atom is 0.354 e. The van der Waals surface area contributed by atoms with Gasteiger partial charge in [0.15, 0.2) is 5.69 Å². The number of aromatic carboxylic acids is 1. The van der Waals surface area contributed by atoms with Crippen molar-refractivity contribution >= 4 is 11.6 Å². The van der Waals surface area contributed by atoms with E-state index in [0.717, 1.165) is 4.40 Å². The Kier molecular flexibility index (Phi) is 1.17. The molecule has 2 aromatic rings. The summed E-state index contributed by atoms with van der Waals surface area (Å²) in [4.78, 5) is 15.1. The van der Waals surface area contributed by atoms with Crippen LogP contribution >= 0.6 is 0 Å². The molecule has 0 fully saturated rings. The lowest BCUT2D eigenvalue weighted by Crippen LogP contribution is -2.03. The Morgan fingerprint density at radius 3 is 3.00 bits per heavy atom. The molecule has 0 bridgehead atoms. The molecule has 4 nitrogen and oxygen atoms in total. The fourth-order valence-electron chi connectivity index (χ4n) is 1.31. The molecule has 14 heavy (non-hydrogen) atoms. The van der Waals surface area contributed by atoms with Crippen molar-refractivity contribution in [2.24, 2.45) is 0 Å². The molecule has 0 amide bonds. The summed E-state index contributed by atoms with van der Waals surface area (Å²) in [6, 6.07) is -0.163. The van der Waals surface area contributed by atoms with Crippen molar-refractivity contribution in [3.8, 4) is 0 Å². The SMILES string of the molecule is [2H]c1c(C)c([2H])c2nc(C)c(C(=O)O)n2c1[2H]. The smallest absolute Gasteiger partial charge is 0.354 e. The van der Waals surface area contributed by atoms with Crippen molar-refractivity contribution in [2.45, 2.75) is 13.8 Å². The molecule has 0 spiro atoms. The van der Waals surface area contributed by atoms with Gasteiger partial charge in [-0.3, -0.25) is 4.40 Å². The van der Waals surface area contributed by atoms with Crippen molar-refractivity contribution in [3.63, 3.8) is 0 Å². The lowest BCUT2D eigenvalue weighted by atomic mass is 10.3. The standard InChI is InChI=1S/C10H10N2O2/c1-6-3-4-12-8(5-6)11-7(2)9(12)10(13)14/h3-5H,1-2H3,(H,13,14)/i3D,4D,5D. The first-order valence-electron chi connectivity index (χ1n) is 5.55. The Bertz CT molecular complexity index is 649. The van der Waals surface area contributed by atoms with Gasteiger partial charge in [0, 0.05) is 6.17 Å². The maximum absolute atomic E-state index is 11.1. The third-order valence-corrected chi connectivity index (χ3v) is 1.91. The zero-order chi connectivity index (χ0) is 12.9. The number of aryl methyl sites for hydroxylation is 1. The summed E-state index contributed by atoms with van der Waals surface area (Å²) in [6.45, 7) is 3.06. The fraction of sp³-hybridized carbons (Fsp3) is 0.200. The quantitative estimate of drug-likeness (QED) is 0.749. The van der Waals surface area contributed by atoms with Crippen LogP contribution < -0.4 is 0 Å². The second-order valence-electron chi connectivity index (χ2n) is 3.00. The van der Waals surface area contributed by atoms with Crippen molar-refractivity contribution in [2.75, 3.05) is 0 Å². The molecular formula is C10H10N2O2. The number of carboxylic acids is 1. The van der Waals surface area contributed by atoms with E-state index in [1.54, 1.807) is 6.92 Å². The molecule has 0 radical (unpaired) electrons. The van der Waals surface area contributed by atoms with Gasteiger partial charge in [-0.15, -0.1) is 0 Å². The Morgan fingerprint density at radius 1 is 1.64 bits per heavy atom. The molecule has 0 saturated heterocycles. The molecule has 0 unspecified atom stereocenters. The first-order chi connectivity index (χ1) is 7.86. The number of pyridine rings is 1. The third kappa shape index (κ3) is 1.16. The summed E-state index contributed by atoms with van der Waals surface area (Å²) in [7, 11) is 0. The number of hydrogen-bond donors (Lipinski definition) is 1. The number of rotatable bonds is 1. The van der Waals surface area contributed by atoms with Gasteiger partial charge in [-0.2, -0.15) is 0 Å². The Labute approximate surface area is 85.0 Å². The summed E-state index contributed by atoms with van der Waals surface area (Å²) in [5.41, 5.74) is 0.513. The molecule has 4 heteroatoms. The van der Waals surface area contributed by atoms with Crippen LogP contribution in [0.3, 0.4) is 0 Å². The van der Waals surface area contributed by atoms with Gasteiger partial charge in [-0.25, -0.2) is 9.78 Å². The van der Waals surface area contributed by atoms with Crippen LogP contribution in [0.15, 0.2) is 18.3 Å². The number of nitrogens with zero attached hydrogens (tertiary/aromatic N) is 2. The van der Waals surface area contributed by atoms with E-state index in [1.165, 1.54) is 6.92 Å². The zero-order valence-electron chi connectivity index (χ0n) is 10.7. The number of aromatic nitrogens is 2. The van der Waals surface area contributed by atoms with Crippen LogP contribution in [-0.2, 0) is 0 Å². The second-order valence-corrected chi connectivity index (χ2v) is 3.00. The molecule has 0 aliphatic rings. The monoisotopic (exact) mass is 193 g/mol. The van der Waals surface area contributed by atoms with Crippen LogP contribution in [0.25, 0.3) is 5.65 Å². The average molecular weight is 193 g/mol. The van der Waals surface area contributed by atoms with Crippen LogP contribution in [0.5, 0.6) is 0 Å². The van der Waals surface area contributed by atoms with Crippen LogP contribution in [0.4, 0.5) is 0 Å². The van der Waals surface area contributed by atoms with Crippen molar-refractivity contribution in [1.29, 1.82) is 0 Å². The van der Waals surface area contributed by atoms with Crippen molar-refractivity contribution in [1.82, 2.24) is 9.38 Å². The van der Waals surface area contributed by atoms with Gasteiger partial charge in [-0.1, -0.05) is 0 Å². The van der Waals surface area contributed by atoms with E-state index < -0.39 is 5.97 Å². The molecule has 2 aromatic heterocycles. The summed E-state index contributed by atoms with van der Waals surface area (Å²) in [6.07, 6.45) is -0.258. The lowest BCUT2D eigenvalue weighted by molar-refractivity contribution is 0.0688. The van der Waals surface area contributed by atoms with Crippen LogP contribution in [0.2, 0.25) is 0 Å². The van der Waals surface area contributed by atoms with Crippen molar-refractivity contribution in [3.05, 3.63) is 35.2 Å². The van der Waals surface area contributed by atoms with E-state index >= 15 is 0 Å². The van der Waals surface area contributed by atoms with Crippen LogP contribution in [0.1, 0.15) is 25.9 Å². The predicted octanol–water partition coefficient (Wildman–Crippen LogP) is 1.65. The third-order valence-electron chi connectivity index (χ3n) is 1.91. The molecule has 2 rings (SSSR count). The highest BCUT2D eigenvalue weighted by Crippen LogP contribution is 2.13. The topological polar surface area (TPSA) is 54.6 Å². The minimum atomic E-state index is -1.22. The summed E-state index contributed by atoms with van der Waals surface area (Å²) < 4.78 is 24.3. The van der Waals surface area contributed by atoms with E-state index in [9.17, 15) is 4.79 Å². The largest absolute Gasteiger partial charge is 0.477 e. The zero-order valence-corrected chi connectivity index (χ0v) is 7.75. The molecule has 0 saturated carbocycles. The molecule has 1 N–H and O–H groups in total. The van der Waals surface area contributed by atoms with E-state index in [2.05, 4.69) is 4.98 Å². The summed E-state index contributed by atoms with van der Waals surface area (Å²) >= 11 is 0. The first-order valence-corrected chi connectivity index (χ1v) is 4.05. The Balaban J connectivity index is 3.07. The molecule has 2 heterocycles. The normalized spacial score (nSPS) is 13.7. The number of hydrogen-bond acceptors (Lipinski definition) is 2. The Morgan fingerprint density at radius 2 is 2.36 bits per heavy atom. The highest BCUT2D eigenvalue weighted by molar-refractivity contribution is 5.88. The molecule has 72 valence electrons. The number of carbonyl (C=O) groups is 1. The second kappa shape index (κ2) is 2.83. The van der Waals surface area contributed by atoms with E-state index in [0.29, 0.717) is 5.56 Å². The highest BCUT2D eigenvalue weighted by atomic mass is 16.4. The first kappa shape index (κ1) is 5.80. The van der Waals surface area contributed by atoms with Crippen molar-refractivity contribution < 1.29 is 14.0 Å². The van der Waals surface area contributed by atoms with E-state index in [-0.39, 0.29) is 35.3 Å². The van der Waals surface area contributed by atoms with Gasteiger partial charge in [0.2, 0.25) is 0 Å². The fourth-order valence-corrected chi connectivity index (χ4v) is 1.31. The van der Waals surface area contributed by atoms with Crippen LogP contribution in [-0.4, -0.2) is 20.5 Å². The summed E-state index contributed by atoms with van der Waals surface area (Å²) in [5, 5.41) is 9.06. The Hall–Kier alpha value is -1.84. The number of fused-ring (bicyclic) bond motifs is 1. The van der Waals surface area contributed by atoms with Gasteiger partial charge >= 0.3 is 5.97 Å².